The SMILES string of the molecule is CCN1C(=S)[C@]2(C)C=C[C@H]1[C@H]1C(=O)N(c3ccccc3)C(=O)[C@H]12. The Hall–Kier alpha value is -2.01. The quantitative estimate of drug-likeness (QED) is 0.475. The fraction of sp³-hybridized carbons (Fsp3) is 0.389. The Labute approximate surface area is 140 Å². The van der Waals surface area contributed by atoms with Gasteiger partial charge in [0.25, 0.3) is 0 Å². The minimum atomic E-state index is -0.555. The second-order valence-electron chi connectivity index (χ2n) is 6.57. The van der Waals surface area contributed by atoms with Gasteiger partial charge in [0.1, 0.15) is 0 Å². The number of piperidine rings is 1. The van der Waals surface area contributed by atoms with Crippen molar-refractivity contribution in [2.75, 3.05) is 11.4 Å². The first-order valence-electron chi connectivity index (χ1n) is 7.94. The molecule has 4 aliphatic rings. The number of rotatable bonds is 2. The number of hydrogen-bond acceptors (Lipinski definition) is 3. The predicted molar refractivity (Wildman–Crippen MR) is 91.9 cm³/mol. The molecule has 4 atom stereocenters. The van der Waals surface area contributed by atoms with Crippen molar-refractivity contribution < 1.29 is 9.59 Å². The molecule has 2 saturated heterocycles. The largest absolute Gasteiger partial charge is 0.358 e. The van der Waals surface area contributed by atoms with Crippen LogP contribution in [-0.4, -0.2) is 34.3 Å². The summed E-state index contributed by atoms with van der Waals surface area (Å²) in [6.45, 7) is 4.77. The molecule has 23 heavy (non-hydrogen) atoms. The topological polar surface area (TPSA) is 40.6 Å². The zero-order valence-corrected chi connectivity index (χ0v) is 13.9. The number of likely N-dealkylation sites (N-methyl/N-ethyl adjacent to an activating group) is 1. The molecule has 0 saturated carbocycles. The Morgan fingerprint density at radius 1 is 1.17 bits per heavy atom. The van der Waals surface area contributed by atoms with Gasteiger partial charge in [-0.1, -0.05) is 42.6 Å². The molecule has 118 valence electrons. The Morgan fingerprint density at radius 3 is 2.52 bits per heavy atom. The molecule has 0 N–H and O–H groups in total. The molecule has 0 aromatic heterocycles. The van der Waals surface area contributed by atoms with E-state index >= 15 is 0 Å². The molecule has 1 aromatic rings. The molecular formula is C18H18N2O2S. The summed E-state index contributed by atoms with van der Waals surface area (Å²) in [5.41, 5.74) is 0.0926. The molecule has 2 amide bonds. The van der Waals surface area contributed by atoms with Crippen LogP contribution in [-0.2, 0) is 9.59 Å². The fourth-order valence-corrected chi connectivity index (χ4v) is 4.77. The van der Waals surface area contributed by atoms with E-state index in [4.69, 9.17) is 12.2 Å². The van der Waals surface area contributed by atoms with Gasteiger partial charge in [0, 0.05) is 12.0 Å². The van der Waals surface area contributed by atoms with Crippen LogP contribution in [0.25, 0.3) is 0 Å². The maximum absolute atomic E-state index is 13.1. The Morgan fingerprint density at radius 2 is 1.87 bits per heavy atom. The number of carbonyl (C=O) groups is 2. The molecule has 4 nitrogen and oxygen atoms in total. The number of anilines is 1. The van der Waals surface area contributed by atoms with Crippen LogP contribution in [0.15, 0.2) is 42.5 Å². The van der Waals surface area contributed by atoms with Gasteiger partial charge in [-0.25, -0.2) is 4.90 Å². The van der Waals surface area contributed by atoms with Gasteiger partial charge in [-0.05, 0) is 26.0 Å². The summed E-state index contributed by atoms with van der Waals surface area (Å²) < 4.78 is 0. The smallest absolute Gasteiger partial charge is 0.240 e. The van der Waals surface area contributed by atoms with Gasteiger partial charge >= 0.3 is 0 Å². The first-order chi connectivity index (χ1) is 11.0. The zero-order valence-electron chi connectivity index (χ0n) is 13.1. The number of thiocarbonyl (C=S) groups is 1. The molecule has 2 fully saturated rings. The van der Waals surface area contributed by atoms with Crippen LogP contribution in [0.3, 0.4) is 0 Å². The monoisotopic (exact) mass is 326 g/mol. The maximum atomic E-state index is 13.1. The van der Waals surface area contributed by atoms with E-state index in [0.29, 0.717) is 5.69 Å². The van der Waals surface area contributed by atoms with Crippen molar-refractivity contribution in [3.8, 4) is 0 Å². The summed E-state index contributed by atoms with van der Waals surface area (Å²) >= 11 is 5.65. The van der Waals surface area contributed by atoms with E-state index in [-0.39, 0.29) is 29.7 Å². The van der Waals surface area contributed by atoms with Gasteiger partial charge in [-0.3, -0.25) is 9.59 Å². The van der Waals surface area contributed by atoms with Gasteiger partial charge in [0.15, 0.2) is 0 Å². The number of imide groups is 1. The molecule has 0 unspecified atom stereocenters. The standard InChI is InChI=1S/C18H18N2O2S/c1-3-19-12-9-10-18(2,17(19)23)14-13(12)15(21)20(16(14)22)11-7-5-4-6-8-11/h4-10,12-14H,3H2,1-2H3/t12-,13+,14-,18+/m0/s1. The van der Waals surface area contributed by atoms with Crippen LogP contribution >= 0.6 is 12.2 Å². The van der Waals surface area contributed by atoms with E-state index in [1.54, 1.807) is 12.1 Å². The van der Waals surface area contributed by atoms with Crippen LogP contribution in [0.2, 0.25) is 0 Å². The lowest BCUT2D eigenvalue weighted by Gasteiger charge is -2.53. The number of carbonyl (C=O) groups excluding carboxylic acids is 2. The van der Waals surface area contributed by atoms with Gasteiger partial charge in [0.05, 0.1) is 28.6 Å². The van der Waals surface area contributed by atoms with E-state index in [1.807, 2.05) is 38.1 Å². The molecule has 3 heterocycles. The molecule has 5 rings (SSSR count). The molecule has 1 aliphatic carbocycles. The molecule has 3 aliphatic heterocycles. The van der Waals surface area contributed by atoms with Crippen molar-refractivity contribution >= 4 is 34.7 Å². The molecule has 5 heteroatoms. The highest BCUT2D eigenvalue weighted by atomic mass is 32.1. The lowest BCUT2D eigenvalue weighted by Crippen LogP contribution is -2.63. The first kappa shape index (κ1) is 14.6. The van der Waals surface area contributed by atoms with Crippen LogP contribution in [0, 0.1) is 17.3 Å². The predicted octanol–water partition coefficient (Wildman–Crippen LogP) is 2.40. The van der Waals surface area contributed by atoms with Crippen molar-refractivity contribution in [3.05, 3.63) is 42.5 Å². The third kappa shape index (κ3) is 1.68. The molecule has 0 radical (unpaired) electrons. The Bertz CT molecular complexity index is 745. The summed E-state index contributed by atoms with van der Waals surface area (Å²) in [7, 11) is 0. The molecule has 1 aromatic carbocycles. The van der Waals surface area contributed by atoms with Crippen molar-refractivity contribution in [1.29, 1.82) is 0 Å². The Kier molecular flexibility index (Phi) is 3.00. The Balaban J connectivity index is 1.84. The van der Waals surface area contributed by atoms with Crippen molar-refractivity contribution in [2.24, 2.45) is 17.3 Å². The lowest BCUT2D eigenvalue weighted by atomic mass is 9.61. The highest BCUT2D eigenvalue weighted by molar-refractivity contribution is 7.80. The number of fused-ring (bicyclic) bond motifs is 1. The van der Waals surface area contributed by atoms with Crippen LogP contribution in [0.1, 0.15) is 13.8 Å². The number of para-hydroxylation sites is 1. The highest BCUT2D eigenvalue weighted by Gasteiger charge is 2.65. The summed E-state index contributed by atoms with van der Waals surface area (Å²) in [4.78, 5) is 30.4. The van der Waals surface area contributed by atoms with Gasteiger partial charge in [-0.15, -0.1) is 0 Å². The van der Waals surface area contributed by atoms with Gasteiger partial charge in [-0.2, -0.15) is 0 Å². The van der Waals surface area contributed by atoms with Crippen LogP contribution < -0.4 is 4.90 Å². The average Bonchev–Trinajstić information content (AvgIpc) is 2.83. The number of hydrogen-bond donors (Lipinski definition) is 0. The van der Waals surface area contributed by atoms with Crippen molar-refractivity contribution in [3.63, 3.8) is 0 Å². The van der Waals surface area contributed by atoms with Crippen molar-refractivity contribution in [1.82, 2.24) is 4.90 Å². The third-order valence-electron chi connectivity index (χ3n) is 5.44. The summed E-state index contributed by atoms with van der Waals surface area (Å²) in [6, 6.07) is 9.07. The van der Waals surface area contributed by atoms with E-state index in [9.17, 15) is 9.59 Å². The van der Waals surface area contributed by atoms with Gasteiger partial charge < -0.3 is 4.90 Å². The second-order valence-corrected chi connectivity index (χ2v) is 6.96. The number of amides is 2. The molecule has 0 spiro atoms. The van der Waals surface area contributed by atoms with E-state index in [1.165, 1.54) is 4.90 Å². The second kappa shape index (κ2) is 4.74. The van der Waals surface area contributed by atoms with E-state index in [0.717, 1.165) is 11.5 Å². The fourth-order valence-electron chi connectivity index (χ4n) is 4.32. The summed E-state index contributed by atoms with van der Waals surface area (Å²) in [5.74, 6) is -0.959. The van der Waals surface area contributed by atoms with Crippen LogP contribution in [0.5, 0.6) is 0 Å². The minimum absolute atomic E-state index is 0.104. The summed E-state index contributed by atoms with van der Waals surface area (Å²) in [5, 5.41) is 0. The molecule has 2 bridgehead atoms. The van der Waals surface area contributed by atoms with Crippen molar-refractivity contribution in [2.45, 2.75) is 19.9 Å². The molecular weight excluding hydrogens is 308 g/mol. The number of benzene rings is 1. The first-order valence-corrected chi connectivity index (χ1v) is 8.35. The van der Waals surface area contributed by atoms with E-state index in [2.05, 4.69) is 11.0 Å². The van der Waals surface area contributed by atoms with E-state index < -0.39 is 5.41 Å². The maximum Gasteiger partial charge on any atom is 0.240 e. The zero-order chi connectivity index (χ0) is 16.4. The lowest BCUT2D eigenvalue weighted by molar-refractivity contribution is -0.125. The minimum Gasteiger partial charge on any atom is -0.358 e. The summed E-state index contributed by atoms with van der Waals surface area (Å²) in [6.07, 6.45) is 4.09. The number of nitrogens with zero attached hydrogens (tertiary/aromatic N) is 2. The highest BCUT2D eigenvalue weighted by Crippen LogP contribution is 2.53. The normalized spacial score (nSPS) is 35.2. The van der Waals surface area contributed by atoms with Gasteiger partial charge in [0.2, 0.25) is 11.8 Å². The average molecular weight is 326 g/mol. The third-order valence-corrected chi connectivity index (χ3v) is 6.12. The van der Waals surface area contributed by atoms with Crippen LogP contribution in [0.4, 0.5) is 5.69 Å².